The van der Waals surface area contributed by atoms with E-state index in [-0.39, 0.29) is 31.9 Å². The summed E-state index contributed by atoms with van der Waals surface area (Å²) >= 11 is 1.11. The molecule has 0 aliphatic carbocycles. The van der Waals surface area contributed by atoms with Crippen molar-refractivity contribution in [3.05, 3.63) is 70.3 Å². The van der Waals surface area contributed by atoms with Gasteiger partial charge in [-0.2, -0.15) is 20.1 Å². The third kappa shape index (κ3) is 3.29. The first-order chi connectivity index (χ1) is 15.8. The second kappa shape index (κ2) is 7.56. The summed E-state index contributed by atoms with van der Waals surface area (Å²) in [5.74, 6) is 0. The topological polar surface area (TPSA) is 87.4 Å². The van der Waals surface area contributed by atoms with Crippen molar-refractivity contribution < 1.29 is 13.2 Å². The highest BCUT2D eigenvalue weighted by Gasteiger charge is 2.37. The zero-order valence-electron chi connectivity index (χ0n) is 17.1. The van der Waals surface area contributed by atoms with E-state index in [1.807, 2.05) is 6.92 Å². The predicted molar refractivity (Wildman–Crippen MR) is 120 cm³/mol. The van der Waals surface area contributed by atoms with Gasteiger partial charge in [0.1, 0.15) is 6.07 Å². The van der Waals surface area contributed by atoms with Gasteiger partial charge in [0.2, 0.25) is 0 Å². The Labute approximate surface area is 188 Å². The van der Waals surface area contributed by atoms with Crippen molar-refractivity contribution in [1.29, 1.82) is 5.26 Å². The number of aryl methyl sites for hydroxylation is 1. The number of thiophene rings is 1. The molecule has 0 unspecified atom stereocenters. The van der Waals surface area contributed by atoms with Crippen LogP contribution in [0.3, 0.4) is 0 Å². The molecule has 0 amide bonds. The molecular formula is C23H14F3N5OS. The maximum atomic E-state index is 13.9. The van der Waals surface area contributed by atoms with Gasteiger partial charge in [-0.25, -0.2) is 5.10 Å². The van der Waals surface area contributed by atoms with Crippen molar-refractivity contribution in [2.75, 3.05) is 0 Å². The molecule has 0 radical (unpaired) electrons. The van der Waals surface area contributed by atoms with Crippen molar-refractivity contribution in [1.82, 2.24) is 20.0 Å². The Balaban J connectivity index is 1.85. The van der Waals surface area contributed by atoms with Gasteiger partial charge in [0, 0.05) is 21.0 Å². The lowest BCUT2D eigenvalue weighted by atomic mass is 9.99. The molecule has 0 aliphatic rings. The molecule has 3 aromatic heterocycles. The summed E-state index contributed by atoms with van der Waals surface area (Å²) in [6.07, 6.45) is -3.12. The highest BCUT2D eigenvalue weighted by Crippen LogP contribution is 2.45. The van der Waals surface area contributed by atoms with Crippen molar-refractivity contribution in [3.63, 3.8) is 0 Å². The number of rotatable bonds is 3. The molecule has 10 heteroatoms. The van der Waals surface area contributed by atoms with Crippen LogP contribution in [0.2, 0.25) is 0 Å². The van der Waals surface area contributed by atoms with E-state index >= 15 is 0 Å². The smallest absolute Gasteiger partial charge is 0.267 e. The molecule has 2 aromatic carbocycles. The highest BCUT2D eigenvalue weighted by atomic mass is 32.1. The van der Waals surface area contributed by atoms with Crippen LogP contribution in [0.4, 0.5) is 13.2 Å². The molecule has 1 N–H and O–H groups in total. The first-order valence-corrected chi connectivity index (χ1v) is 10.7. The summed E-state index contributed by atoms with van der Waals surface area (Å²) in [6.45, 7) is 1.87. The van der Waals surface area contributed by atoms with Crippen molar-refractivity contribution in [3.8, 4) is 27.8 Å². The van der Waals surface area contributed by atoms with E-state index in [0.717, 1.165) is 17.5 Å². The Bertz CT molecular complexity index is 1640. The second-order valence-corrected chi connectivity index (χ2v) is 8.37. The number of nitrogens with one attached hydrogen (secondary N) is 1. The molecule has 5 aromatic rings. The monoisotopic (exact) mass is 465 g/mol. The molecule has 164 valence electrons. The lowest BCUT2D eigenvalue weighted by Crippen LogP contribution is -2.19. The molecule has 6 nitrogen and oxygen atoms in total. The van der Waals surface area contributed by atoms with Gasteiger partial charge >= 0.3 is 6.30 Å². The number of H-pyrrole nitrogens is 1. The van der Waals surface area contributed by atoms with Crippen LogP contribution in [0.25, 0.3) is 42.6 Å². The molecule has 0 fully saturated rings. The Hall–Kier alpha value is -3.97. The van der Waals surface area contributed by atoms with Gasteiger partial charge in [0.15, 0.2) is 0 Å². The standard InChI is InChI=1S/C23H14F3N5OS/c1-2-18-15-9-12(7-8-14(15)22(32)30-29-18)17-11-28-31(23(24,25)26)20(17)21-16(10-27)13-5-3-4-6-19(13)33-21/h3-9,11H,2H2,1H3,(H,30,32). The number of halogens is 3. The van der Waals surface area contributed by atoms with E-state index in [0.29, 0.717) is 38.5 Å². The molecule has 0 aliphatic heterocycles. The number of fused-ring (bicyclic) bond motifs is 2. The summed E-state index contributed by atoms with van der Waals surface area (Å²) in [5.41, 5.74) is 0.842. The minimum Gasteiger partial charge on any atom is -0.267 e. The molecule has 0 bridgehead atoms. The van der Waals surface area contributed by atoms with Gasteiger partial charge in [-0.05, 0) is 30.2 Å². The predicted octanol–water partition coefficient (Wildman–Crippen LogP) is 5.58. The summed E-state index contributed by atoms with van der Waals surface area (Å²) in [7, 11) is 0. The normalized spacial score (nSPS) is 11.8. The highest BCUT2D eigenvalue weighted by molar-refractivity contribution is 7.22. The number of hydrogen-bond acceptors (Lipinski definition) is 5. The average molecular weight is 465 g/mol. The number of nitriles is 1. The van der Waals surface area contributed by atoms with Crippen molar-refractivity contribution in [2.45, 2.75) is 19.6 Å². The number of alkyl halides is 3. The first-order valence-electron chi connectivity index (χ1n) is 9.92. The van der Waals surface area contributed by atoms with Gasteiger partial charge in [-0.15, -0.1) is 24.5 Å². The van der Waals surface area contributed by atoms with Crippen LogP contribution in [0, 0.1) is 11.3 Å². The second-order valence-electron chi connectivity index (χ2n) is 7.31. The van der Waals surface area contributed by atoms with E-state index < -0.39 is 6.30 Å². The van der Waals surface area contributed by atoms with Gasteiger partial charge in [0.25, 0.3) is 5.56 Å². The molecule has 0 spiro atoms. The summed E-state index contributed by atoms with van der Waals surface area (Å²) in [6, 6.07) is 13.8. The van der Waals surface area contributed by atoms with Crippen LogP contribution in [0.1, 0.15) is 18.2 Å². The Morgan fingerprint density at radius 3 is 2.67 bits per heavy atom. The number of aromatic amines is 1. The Kier molecular flexibility index (Phi) is 4.79. The Morgan fingerprint density at radius 1 is 1.15 bits per heavy atom. The van der Waals surface area contributed by atoms with Crippen LogP contribution < -0.4 is 5.56 Å². The van der Waals surface area contributed by atoms with E-state index in [1.54, 1.807) is 42.5 Å². The van der Waals surface area contributed by atoms with Gasteiger partial charge in [-0.3, -0.25) is 4.79 Å². The minimum atomic E-state index is -4.79. The zero-order valence-corrected chi connectivity index (χ0v) is 17.9. The number of nitrogens with zero attached hydrogens (tertiary/aromatic N) is 4. The SMILES string of the molecule is CCc1n[nH]c(=O)c2ccc(-c3cnn(C(F)(F)F)c3-c3sc4ccccc4c3C#N)cc12. The molecule has 0 saturated heterocycles. The molecule has 0 atom stereocenters. The molecular weight excluding hydrogens is 451 g/mol. The van der Waals surface area contributed by atoms with E-state index in [1.165, 1.54) is 0 Å². The third-order valence-electron chi connectivity index (χ3n) is 5.45. The average Bonchev–Trinajstić information content (AvgIpc) is 3.40. The fraction of sp³-hybridized carbons (Fsp3) is 0.130. The van der Waals surface area contributed by atoms with Crippen LogP contribution in [0.5, 0.6) is 0 Å². The number of aromatic nitrogens is 4. The zero-order chi connectivity index (χ0) is 23.3. The van der Waals surface area contributed by atoms with Crippen LogP contribution in [0.15, 0.2) is 53.5 Å². The largest absolute Gasteiger partial charge is 0.505 e. The Morgan fingerprint density at radius 2 is 1.94 bits per heavy atom. The minimum absolute atomic E-state index is 0.00509. The van der Waals surface area contributed by atoms with Crippen LogP contribution in [-0.2, 0) is 12.7 Å². The van der Waals surface area contributed by atoms with E-state index in [2.05, 4.69) is 21.4 Å². The van der Waals surface area contributed by atoms with Crippen LogP contribution >= 0.6 is 11.3 Å². The fourth-order valence-electron chi connectivity index (χ4n) is 3.95. The van der Waals surface area contributed by atoms with Crippen molar-refractivity contribution in [2.24, 2.45) is 0 Å². The first kappa shape index (κ1) is 20.9. The van der Waals surface area contributed by atoms with Gasteiger partial charge in [-0.1, -0.05) is 31.2 Å². The third-order valence-corrected chi connectivity index (χ3v) is 6.62. The lowest BCUT2D eigenvalue weighted by molar-refractivity contribution is -0.210. The lowest BCUT2D eigenvalue weighted by Gasteiger charge is -2.12. The molecule has 3 heterocycles. The number of hydrogen-bond donors (Lipinski definition) is 1. The fourth-order valence-corrected chi connectivity index (χ4v) is 5.15. The summed E-state index contributed by atoms with van der Waals surface area (Å²) < 4.78 is 42.5. The van der Waals surface area contributed by atoms with E-state index in [9.17, 15) is 23.2 Å². The van der Waals surface area contributed by atoms with E-state index in [4.69, 9.17) is 0 Å². The quantitative estimate of drug-likeness (QED) is 0.377. The van der Waals surface area contributed by atoms with Gasteiger partial charge < -0.3 is 0 Å². The number of benzene rings is 2. The summed E-state index contributed by atoms with van der Waals surface area (Å²) in [5, 5.41) is 21.5. The maximum absolute atomic E-state index is 13.9. The maximum Gasteiger partial charge on any atom is 0.505 e. The van der Waals surface area contributed by atoms with Gasteiger partial charge in [0.05, 0.1) is 33.4 Å². The van der Waals surface area contributed by atoms with Crippen molar-refractivity contribution >= 4 is 32.2 Å². The summed E-state index contributed by atoms with van der Waals surface area (Å²) in [4.78, 5) is 12.4. The molecule has 0 saturated carbocycles. The van der Waals surface area contributed by atoms with Crippen LogP contribution in [-0.4, -0.2) is 20.0 Å². The molecule has 33 heavy (non-hydrogen) atoms. The molecule has 5 rings (SSSR count).